The van der Waals surface area contributed by atoms with Gasteiger partial charge in [-0.05, 0) is 5.54 Å². The molecule has 0 N–H and O–H groups in total. The van der Waals surface area contributed by atoms with E-state index in [0.717, 1.165) is 5.54 Å². The Kier molecular flexibility index (Phi) is 2.78. The zero-order valence-electron chi connectivity index (χ0n) is 8.81. The maximum absolute atomic E-state index is 2.51. The van der Waals surface area contributed by atoms with Crippen LogP contribution < -0.4 is 0 Å². The van der Waals surface area contributed by atoms with E-state index < -0.39 is 8.07 Å². The lowest BCUT2D eigenvalue weighted by Gasteiger charge is -2.16. The summed E-state index contributed by atoms with van der Waals surface area (Å²) in [6.45, 7) is 12.0. The average Bonchev–Trinajstić information content (AvgIpc) is 2.30. The molecule has 0 saturated carbocycles. The predicted octanol–water partition coefficient (Wildman–Crippen LogP) is 3.48. The second-order valence-electron chi connectivity index (χ2n) is 4.83. The van der Waals surface area contributed by atoms with Gasteiger partial charge in [0, 0.05) is 0 Å². The maximum Gasteiger partial charge on any atom is 0.0771 e. The van der Waals surface area contributed by atoms with Crippen molar-refractivity contribution < 1.29 is 0 Å². The lowest BCUT2D eigenvalue weighted by molar-refractivity contribution is 1.35. The van der Waals surface area contributed by atoms with Crippen molar-refractivity contribution in [2.24, 2.45) is 0 Å². The van der Waals surface area contributed by atoms with Crippen LogP contribution in [0.4, 0.5) is 0 Å². The quantitative estimate of drug-likeness (QED) is 0.592. The molecule has 0 heterocycles. The summed E-state index contributed by atoms with van der Waals surface area (Å²) in [6.07, 6.45) is 7.29. The molecule has 0 aromatic rings. The molecule has 1 rings (SSSR count). The molecule has 0 amide bonds. The standard InChI is InChI=1S/C10H19Si2/c1-11(2)9-6-7-10(8-9)12(3,4)5/h6-9H,1-5H3. The predicted molar refractivity (Wildman–Crippen MR) is 61.8 cm³/mol. The van der Waals surface area contributed by atoms with Crippen molar-refractivity contribution in [3.63, 3.8) is 0 Å². The zero-order chi connectivity index (χ0) is 9.35. The molecule has 0 bridgehead atoms. The Labute approximate surface area is 79.0 Å². The number of allylic oxidation sites excluding steroid dienone is 4. The van der Waals surface area contributed by atoms with Crippen LogP contribution in [0, 0.1) is 0 Å². The summed E-state index contributed by atoms with van der Waals surface area (Å²) < 4.78 is 0. The molecule has 0 aromatic heterocycles. The van der Waals surface area contributed by atoms with Crippen molar-refractivity contribution in [2.75, 3.05) is 0 Å². The molecule has 1 atom stereocenters. The van der Waals surface area contributed by atoms with Gasteiger partial charge in [0.25, 0.3) is 0 Å². The van der Waals surface area contributed by atoms with Gasteiger partial charge in [0.05, 0.1) is 16.9 Å². The molecule has 2 heteroatoms. The Bertz CT molecular complexity index is 218. The van der Waals surface area contributed by atoms with Gasteiger partial charge in [0.1, 0.15) is 0 Å². The molecule has 12 heavy (non-hydrogen) atoms. The number of hydrogen-bond acceptors (Lipinski definition) is 0. The van der Waals surface area contributed by atoms with Crippen molar-refractivity contribution >= 4 is 16.9 Å². The van der Waals surface area contributed by atoms with E-state index in [9.17, 15) is 0 Å². The maximum atomic E-state index is 2.51. The molecule has 0 fully saturated rings. The third-order valence-electron chi connectivity index (χ3n) is 2.37. The van der Waals surface area contributed by atoms with Crippen molar-refractivity contribution in [3.8, 4) is 0 Å². The van der Waals surface area contributed by atoms with Crippen molar-refractivity contribution in [2.45, 2.75) is 38.3 Å². The first-order chi connectivity index (χ1) is 5.41. The topological polar surface area (TPSA) is 0 Å². The van der Waals surface area contributed by atoms with Gasteiger partial charge in [-0.15, -0.1) is 0 Å². The van der Waals surface area contributed by atoms with Crippen LogP contribution in [-0.4, -0.2) is 16.9 Å². The molecular weight excluding hydrogens is 176 g/mol. The van der Waals surface area contributed by atoms with Gasteiger partial charge in [-0.3, -0.25) is 0 Å². The van der Waals surface area contributed by atoms with Gasteiger partial charge in [-0.2, -0.15) is 0 Å². The van der Waals surface area contributed by atoms with Crippen LogP contribution in [0.3, 0.4) is 0 Å². The third kappa shape index (κ3) is 2.20. The van der Waals surface area contributed by atoms with E-state index in [1.165, 1.54) is 0 Å². The van der Waals surface area contributed by atoms with Crippen LogP contribution in [0.5, 0.6) is 0 Å². The van der Waals surface area contributed by atoms with Gasteiger partial charge in [-0.1, -0.05) is 56.2 Å². The van der Waals surface area contributed by atoms with E-state index in [0.29, 0.717) is 0 Å². The highest BCUT2D eigenvalue weighted by atomic mass is 28.3. The first kappa shape index (κ1) is 10.00. The normalized spacial score (nSPS) is 23.5. The molecule has 0 saturated heterocycles. The minimum atomic E-state index is -1.02. The van der Waals surface area contributed by atoms with Crippen LogP contribution in [0.1, 0.15) is 0 Å². The Morgan fingerprint density at radius 2 is 1.83 bits per heavy atom. The Morgan fingerprint density at radius 1 is 1.25 bits per heavy atom. The van der Waals surface area contributed by atoms with Crippen molar-refractivity contribution in [1.29, 1.82) is 0 Å². The Balaban J connectivity index is 2.75. The highest BCUT2D eigenvalue weighted by Gasteiger charge is 2.23. The smallest absolute Gasteiger partial charge is 0.0771 e. The summed E-state index contributed by atoms with van der Waals surface area (Å²) in [5.74, 6) is 0. The van der Waals surface area contributed by atoms with Gasteiger partial charge >= 0.3 is 0 Å². The molecule has 1 aliphatic carbocycles. The van der Waals surface area contributed by atoms with Crippen LogP contribution in [0.2, 0.25) is 38.3 Å². The summed E-state index contributed by atoms with van der Waals surface area (Å²) in [7, 11) is -1.17. The molecular formula is C10H19Si2. The van der Waals surface area contributed by atoms with Crippen LogP contribution in [0.25, 0.3) is 0 Å². The fourth-order valence-corrected chi connectivity index (χ4v) is 3.81. The number of hydrogen-bond donors (Lipinski definition) is 0. The van der Waals surface area contributed by atoms with E-state index in [2.05, 4.69) is 51.0 Å². The van der Waals surface area contributed by atoms with Gasteiger partial charge in [-0.25, -0.2) is 0 Å². The second kappa shape index (κ2) is 3.34. The van der Waals surface area contributed by atoms with E-state index >= 15 is 0 Å². The van der Waals surface area contributed by atoms with Crippen LogP contribution in [-0.2, 0) is 0 Å². The SMILES string of the molecule is C[Si](C)C1C=CC([Si](C)(C)C)=C1. The Morgan fingerprint density at radius 3 is 2.08 bits per heavy atom. The summed E-state index contributed by atoms with van der Waals surface area (Å²) in [5.41, 5.74) is 0.803. The van der Waals surface area contributed by atoms with Crippen molar-refractivity contribution in [1.82, 2.24) is 0 Å². The fraction of sp³-hybridized carbons (Fsp3) is 0.600. The molecule has 0 spiro atoms. The van der Waals surface area contributed by atoms with Gasteiger partial charge in [0.2, 0.25) is 0 Å². The average molecular weight is 195 g/mol. The van der Waals surface area contributed by atoms with Crippen LogP contribution >= 0.6 is 0 Å². The van der Waals surface area contributed by atoms with E-state index in [-0.39, 0.29) is 8.80 Å². The monoisotopic (exact) mass is 195 g/mol. The third-order valence-corrected chi connectivity index (χ3v) is 6.13. The number of rotatable bonds is 2. The minimum Gasteiger partial charge on any atom is -0.0814 e. The molecule has 0 aromatic carbocycles. The highest BCUT2D eigenvalue weighted by Crippen LogP contribution is 2.29. The Hall–Kier alpha value is -0.0862. The minimum absolute atomic E-state index is 0.145. The lowest BCUT2D eigenvalue weighted by atomic mass is 10.5. The van der Waals surface area contributed by atoms with E-state index in [1.807, 2.05) is 0 Å². The fourth-order valence-electron chi connectivity index (χ4n) is 1.37. The van der Waals surface area contributed by atoms with E-state index in [1.54, 1.807) is 5.20 Å². The first-order valence-electron chi connectivity index (χ1n) is 4.62. The summed E-state index contributed by atoms with van der Waals surface area (Å²) >= 11 is 0. The molecule has 67 valence electrons. The summed E-state index contributed by atoms with van der Waals surface area (Å²) in [6, 6.07) is 0. The molecule has 0 nitrogen and oxygen atoms in total. The second-order valence-corrected chi connectivity index (χ2v) is 12.7. The highest BCUT2D eigenvalue weighted by molar-refractivity contribution is 6.84. The largest absolute Gasteiger partial charge is 0.0814 e. The molecule has 1 unspecified atom stereocenters. The van der Waals surface area contributed by atoms with Gasteiger partial charge in [0.15, 0.2) is 0 Å². The van der Waals surface area contributed by atoms with E-state index in [4.69, 9.17) is 0 Å². The molecule has 1 aliphatic rings. The molecule has 1 radical (unpaired) electrons. The van der Waals surface area contributed by atoms with Crippen LogP contribution in [0.15, 0.2) is 23.4 Å². The summed E-state index contributed by atoms with van der Waals surface area (Å²) in [4.78, 5) is 0. The first-order valence-corrected chi connectivity index (χ1v) is 10.7. The lowest BCUT2D eigenvalue weighted by Crippen LogP contribution is -2.22. The summed E-state index contributed by atoms with van der Waals surface area (Å²) in [5, 5.41) is 1.65. The van der Waals surface area contributed by atoms with Crippen molar-refractivity contribution in [3.05, 3.63) is 23.4 Å². The molecule has 0 aliphatic heterocycles. The van der Waals surface area contributed by atoms with Gasteiger partial charge < -0.3 is 0 Å². The zero-order valence-corrected chi connectivity index (χ0v) is 10.8.